The van der Waals surface area contributed by atoms with E-state index in [1.54, 1.807) is 24.3 Å². The maximum atomic E-state index is 12.5. The second-order valence-electron chi connectivity index (χ2n) is 6.09. The molecule has 2 aromatic heterocycles. The highest BCUT2D eigenvalue weighted by atomic mass is 19.3. The van der Waals surface area contributed by atoms with Crippen LogP contribution < -0.4 is 5.32 Å². The minimum Gasteiger partial charge on any atom is -0.415 e. The predicted molar refractivity (Wildman–Crippen MR) is 84.4 cm³/mol. The number of benzene rings is 1. The molecule has 0 spiro atoms. The van der Waals surface area contributed by atoms with E-state index in [9.17, 15) is 13.6 Å². The summed E-state index contributed by atoms with van der Waals surface area (Å²) in [5.74, 6) is -0.628. The fourth-order valence-corrected chi connectivity index (χ4v) is 2.88. The van der Waals surface area contributed by atoms with E-state index in [-0.39, 0.29) is 17.8 Å². The third kappa shape index (κ3) is 3.19. The van der Waals surface area contributed by atoms with E-state index in [0.29, 0.717) is 17.0 Å². The normalized spacial score (nSPS) is 19.3. The van der Waals surface area contributed by atoms with E-state index in [4.69, 9.17) is 8.94 Å². The number of carbonyl (C=O) groups is 1. The van der Waals surface area contributed by atoms with Gasteiger partial charge in [0.05, 0.1) is 5.69 Å². The van der Waals surface area contributed by atoms with Crippen molar-refractivity contribution in [3.05, 3.63) is 53.7 Å². The number of hydrogen-bond donors (Lipinski definition) is 1. The van der Waals surface area contributed by atoms with Gasteiger partial charge in [-0.05, 0) is 37.1 Å². The summed E-state index contributed by atoms with van der Waals surface area (Å²) < 4.78 is 34.7. The number of aromatic nitrogens is 3. The molecule has 0 aliphatic heterocycles. The van der Waals surface area contributed by atoms with E-state index in [1.807, 2.05) is 6.07 Å². The average molecular weight is 360 g/mol. The zero-order valence-electron chi connectivity index (χ0n) is 13.4. The van der Waals surface area contributed by atoms with Gasteiger partial charge in [0.1, 0.15) is 6.26 Å². The third-order valence-corrected chi connectivity index (χ3v) is 4.37. The maximum Gasteiger partial charge on any atom is 0.314 e. The molecule has 1 amide bonds. The molecule has 0 radical (unpaired) electrons. The molecule has 1 aliphatic rings. The average Bonchev–Trinajstić information content (AvgIpc) is 3.29. The van der Waals surface area contributed by atoms with Crippen LogP contribution >= 0.6 is 0 Å². The van der Waals surface area contributed by atoms with Gasteiger partial charge in [-0.15, -0.1) is 10.2 Å². The first-order valence-corrected chi connectivity index (χ1v) is 8.03. The van der Waals surface area contributed by atoms with Gasteiger partial charge in [-0.2, -0.15) is 8.78 Å². The van der Waals surface area contributed by atoms with Crippen molar-refractivity contribution < 1.29 is 22.5 Å². The van der Waals surface area contributed by atoms with Crippen LogP contribution in [0.4, 0.5) is 8.78 Å². The molecule has 134 valence electrons. The molecular formula is C17H14F2N4O3. The van der Waals surface area contributed by atoms with Crippen molar-refractivity contribution in [3.8, 4) is 11.5 Å². The first-order chi connectivity index (χ1) is 12.6. The van der Waals surface area contributed by atoms with Crippen LogP contribution in [0.25, 0.3) is 11.5 Å². The van der Waals surface area contributed by atoms with E-state index in [2.05, 4.69) is 20.7 Å². The van der Waals surface area contributed by atoms with Crippen molar-refractivity contribution in [3.63, 3.8) is 0 Å². The van der Waals surface area contributed by atoms with Gasteiger partial charge in [0.15, 0.2) is 0 Å². The molecule has 1 N–H and O–H groups in total. The van der Waals surface area contributed by atoms with Gasteiger partial charge in [0, 0.05) is 29.2 Å². The summed E-state index contributed by atoms with van der Waals surface area (Å²) in [6.45, 7) is 0. The second kappa shape index (κ2) is 6.66. The number of alkyl halides is 2. The molecule has 1 aromatic carbocycles. The zero-order valence-corrected chi connectivity index (χ0v) is 13.4. The van der Waals surface area contributed by atoms with Crippen molar-refractivity contribution in [1.82, 2.24) is 20.7 Å². The Labute approximate surface area is 146 Å². The number of halogens is 2. The van der Waals surface area contributed by atoms with Gasteiger partial charge >= 0.3 is 6.43 Å². The number of nitrogens with zero attached hydrogens (tertiary/aromatic N) is 3. The van der Waals surface area contributed by atoms with E-state index >= 15 is 0 Å². The van der Waals surface area contributed by atoms with Crippen molar-refractivity contribution in [2.24, 2.45) is 0 Å². The fourth-order valence-electron chi connectivity index (χ4n) is 2.88. The van der Waals surface area contributed by atoms with Crippen molar-refractivity contribution >= 4 is 5.91 Å². The second-order valence-corrected chi connectivity index (χ2v) is 6.09. The molecule has 1 aliphatic carbocycles. The smallest absolute Gasteiger partial charge is 0.314 e. The standard InChI is InChI=1S/C17H14F2N4O3/c18-14(19)17-22-21-16(26-17)10-3-1-9(2-4-10)15(24)20-12-7-11(8-12)13-5-6-25-23-13/h1-6,11-12,14H,7-8H2,(H,20,24). The molecule has 7 nitrogen and oxygen atoms in total. The topological polar surface area (TPSA) is 94.1 Å². The van der Waals surface area contributed by atoms with Crippen LogP contribution in [-0.2, 0) is 0 Å². The van der Waals surface area contributed by atoms with Gasteiger partial charge in [-0.3, -0.25) is 4.79 Å². The number of nitrogens with one attached hydrogen (secondary N) is 1. The predicted octanol–water partition coefficient (Wildman–Crippen LogP) is 3.34. The van der Waals surface area contributed by atoms with Crippen LogP contribution in [0, 0.1) is 0 Å². The highest BCUT2D eigenvalue weighted by Crippen LogP contribution is 2.36. The monoisotopic (exact) mass is 360 g/mol. The first kappa shape index (κ1) is 16.4. The molecule has 0 bridgehead atoms. The summed E-state index contributed by atoms with van der Waals surface area (Å²) in [6, 6.07) is 8.26. The number of carbonyl (C=O) groups excluding carboxylic acids is 1. The fraction of sp³-hybridized carbons (Fsp3) is 0.294. The zero-order chi connectivity index (χ0) is 18.1. The minimum atomic E-state index is -2.81. The number of hydrogen-bond acceptors (Lipinski definition) is 6. The SMILES string of the molecule is O=C(NC1CC(c2ccon2)C1)c1ccc(-c2nnc(C(F)F)o2)cc1. The summed E-state index contributed by atoms with van der Waals surface area (Å²) in [7, 11) is 0. The molecular weight excluding hydrogens is 346 g/mol. The maximum absolute atomic E-state index is 12.5. The van der Waals surface area contributed by atoms with Crippen LogP contribution in [0.1, 0.15) is 47.1 Å². The van der Waals surface area contributed by atoms with Crippen molar-refractivity contribution in [2.45, 2.75) is 31.2 Å². The molecule has 0 unspecified atom stereocenters. The van der Waals surface area contributed by atoms with Gasteiger partial charge in [0.25, 0.3) is 11.8 Å². The molecule has 9 heteroatoms. The van der Waals surface area contributed by atoms with Crippen LogP contribution in [0.15, 0.2) is 45.5 Å². The lowest BCUT2D eigenvalue weighted by atomic mass is 9.78. The number of rotatable bonds is 5. The molecule has 0 atom stereocenters. The largest absolute Gasteiger partial charge is 0.415 e. The summed E-state index contributed by atoms with van der Waals surface area (Å²) in [5.41, 5.74) is 1.84. The Hall–Kier alpha value is -3.10. The van der Waals surface area contributed by atoms with Gasteiger partial charge in [-0.1, -0.05) is 5.16 Å². The van der Waals surface area contributed by atoms with Gasteiger partial charge < -0.3 is 14.3 Å². The van der Waals surface area contributed by atoms with Crippen molar-refractivity contribution in [2.75, 3.05) is 0 Å². The summed E-state index contributed by atoms with van der Waals surface area (Å²) in [4.78, 5) is 12.3. The number of amides is 1. The molecule has 4 rings (SSSR count). The third-order valence-electron chi connectivity index (χ3n) is 4.37. The van der Waals surface area contributed by atoms with E-state index < -0.39 is 12.3 Å². The van der Waals surface area contributed by atoms with E-state index in [1.165, 1.54) is 6.26 Å². The van der Waals surface area contributed by atoms with Crippen LogP contribution in [-0.4, -0.2) is 27.3 Å². The van der Waals surface area contributed by atoms with Crippen LogP contribution in [0.3, 0.4) is 0 Å². The Balaban J connectivity index is 1.35. The Morgan fingerprint density at radius 1 is 1.15 bits per heavy atom. The molecule has 0 saturated heterocycles. The lowest BCUT2D eigenvalue weighted by Crippen LogP contribution is -2.43. The van der Waals surface area contributed by atoms with Gasteiger partial charge in [-0.25, -0.2) is 0 Å². The Kier molecular flexibility index (Phi) is 4.19. The Morgan fingerprint density at radius 3 is 2.54 bits per heavy atom. The van der Waals surface area contributed by atoms with Crippen molar-refractivity contribution in [1.29, 1.82) is 0 Å². The lowest BCUT2D eigenvalue weighted by molar-refractivity contribution is 0.0907. The molecule has 1 saturated carbocycles. The van der Waals surface area contributed by atoms with Crippen LogP contribution in [0.5, 0.6) is 0 Å². The first-order valence-electron chi connectivity index (χ1n) is 8.03. The molecule has 26 heavy (non-hydrogen) atoms. The molecule has 2 heterocycles. The Bertz CT molecular complexity index is 887. The Morgan fingerprint density at radius 2 is 1.92 bits per heavy atom. The molecule has 3 aromatic rings. The molecule has 1 fully saturated rings. The quantitative estimate of drug-likeness (QED) is 0.750. The summed E-state index contributed by atoms with van der Waals surface area (Å²) in [5, 5.41) is 13.7. The highest BCUT2D eigenvalue weighted by molar-refractivity contribution is 5.94. The van der Waals surface area contributed by atoms with Crippen LogP contribution in [0.2, 0.25) is 0 Å². The summed E-state index contributed by atoms with van der Waals surface area (Å²) >= 11 is 0. The minimum absolute atomic E-state index is 0.0123. The highest BCUT2D eigenvalue weighted by Gasteiger charge is 2.33. The van der Waals surface area contributed by atoms with E-state index in [0.717, 1.165) is 18.5 Å². The summed E-state index contributed by atoms with van der Waals surface area (Å²) in [6.07, 6.45) is 0.352. The lowest BCUT2D eigenvalue weighted by Gasteiger charge is -2.34. The van der Waals surface area contributed by atoms with Gasteiger partial charge in [0.2, 0.25) is 5.89 Å².